The molecule has 0 N–H and O–H groups in total. The number of amides is 2. The van der Waals surface area contributed by atoms with E-state index in [-0.39, 0.29) is 37.7 Å². The molecule has 2 amide bonds. The van der Waals surface area contributed by atoms with Gasteiger partial charge in [-0.2, -0.15) is 0 Å². The Hall–Kier alpha value is -4.40. The van der Waals surface area contributed by atoms with Gasteiger partial charge in [0.2, 0.25) is 5.91 Å². The third-order valence-electron chi connectivity index (χ3n) is 6.55. The largest absolute Gasteiger partial charge is 0.465 e. The highest BCUT2D eigenvalue weighted by Crippen LogP contribution is 2.24. The zero-order valence-corrected chi connectivity index (χ0v) is 24.5. The number of benzene rings is 2. The molecule has 1 aliphatic rings. The average Bonchev–Trinajstić information content (AvgIpc) is 3.25. The molecule has 1 aliphatic heterocycles. The summed E-state index contributed by atoms with van der Waals surface area (Å²) in [7, 11) is 0. The van der Waals surface area contributed by atoms with Crippen LogP contribution in [0.3, 0.4) is 0 Å². The predicted molar refractivity (Wildman–Crippen MR) is 155 cm³/mol. The van der Waals surface area contributed by atoms with Crippen molar-refractivity contribution in [1.82, 2.24) is 14.4 Å². The molecule has 0 radical (unpaired) electrons. The van der Waals surface area contributed by atoms with Crippen LogP contribution in [0.1, 0.15) is 49.9 Å². The molecule has 0 unspecified atom stereocenters. The van der Waals surface area contributed by atoms with Gasteiger partial charge in [-0.1, -0.05) is 41.5 Å². The Morgan fingerprint density at radius 2 is 1.66 bits per heavy atom. The second kappa shape index (κ2) is 12.0. The van der Waals surface area contributed by atoms with E-state index in [0.717, 1.165) is 22.1 Å². The molecule has 3 aromatic rings. The van der Waals surface area contributed by atoms with Crippen LogP contribution in [0.5, 0.6) is 0 Å². The van der Waals surface area contributed by atoms with Crippen LogP contribution in [-0.2, 0) is 36.8 Å². The van der Waals surface area contributed by atoms with E-state index in [1.807, 2.05) is 50.2 Å². The zero-order chi connectivity index (χ0) is 29.9. The highest BCUT2D eigenvalue weighted by molar-refractivity contribution is 6.01. The summed E-state index contributed by atoms with van der Waals surface area (Å²) in [4.78, 5) is 54.8. The first kappa shape index (κ1) is 29.6. The van der Waals surface area contributed by atoms with Gasteiger partial charge in [-0.25, -0.2) is 4.79 Å². The molecule has 4 rings (SSSR count). The van der Waals surface area contributed by atoms with Crippen LogP contribution < -0.4 is 0 Å². The van der Waals surface area contributed by atoms with Crippen molar-refractivity contribution in [2.45, 2.75) is 60.1 Å². The molecule has 216 valence electrons. The lowest BCUT2D eigenvalue weighted by Gasteiger charge is -2.34. The minimum atomic E-state index is -0.661. The number of fused-ring (bicyclic) bond motifs is 1. The molecular formula is C32H37N3O6. The van der Waals surface area contributed by atoms with E-state index in [9.17, 15) is 19.2 Å². The number of hydrogen-bond acceptors (Lipinski definition) is 6. The van der Waals surface area contributed by atoms with Gasteiger partial charge in [0.15, 0.2) is 0 Å². The lowest BCUT2D eigenvalue weighted by molar-refractivity contribution is -0.149. The number of nitrogens with zero attached hydrogens (tertiary/aromatic N) is 3. The number of ether oxygens (including phenoxy) is 2. The fourth-order valence-electron chi connectivity index (χ4n) is 4.84. The van der Waals surface area contributed by atoms with Crippen LogP contribution in [0.4, 0.5) is 4.79 Å². The van der Waals surface area contributed by atoms with E-state index in [1.165, 1.54) is 14.4 Å². The molecule has 0 saturated carbocycles. The van der Waals surface area contributed by atoms with Gasteiger partial charge in [0.1, 0.15) is 17.8 Å². The summed E-state index contributed by atoms with van der Waals surface area (Å²) in [6.07, 6.45) is 2.99. The van der Waals surface area contributed by atoms with Crippen molar-refractivity contribution in [3.05, 3.63) is 82.7 Å². The van der Waals surface area contributed by atoms with Crippen LogP contribution in [0, 0.1) is 13.8 Å². The van der Waals surface area contributed by atoms with Crippen LogP contribution in [0.25, 0.3) is 10.9 Å². The summed E-state index contributed by atoms with van der Waals surface area (Å²) in [6, 6.07) is 13.3. The van der Waals surface area contributed by atoms with Crippen molar-refractivity contribution < 1.29 is 28.7 Å². The molecular weight excluding hydrogens is 522 g/mol. The van der Waals surface area contributed by atoms with Crippen LogP contribution >= 0.6 is 0 Å². The van der Waals surface area contributed by atoms with Gasteiger partial charge >= 0.3 is 12.1 Å². The van der Waals surface area contributed by atoms with E-state index in [0.29, 0.717) is 17.6 Å². The van der Waals surface area contributed by atoms with Crippen molar-refractivity contribution >= 4 is 34.8 Å². The highest BCUT2D eigenvalue weighted by atomic mass is 16.6. The molecule has 1 aromatic heterocycles. The molecule has 2 aromatic carbocycles. The molecule has 0 fully saturated rings. The maximum absolute atomic E-state index is 13.7. The Morgan fingerprint density at radius 1 is 0.951 bits per heavy atom. The Morgan fingerprint density at radius 3 is 2.27 bits per heavy atom. The summed E-state index contributed by atoms with van der Waals surface area (Å²) in [5.41, 5.74) is 3.92. The maximum Gasteiger partial charge on any atom is 0.418 e. The molecule has 2 heterocycles. The third-order valence-corrected chi connectivity index (χ3v) is 6.55. The third kappa shape index (κ3) is 7.22. The predicted octanol–water partition coefficient (Wildman–Crippen LogP) is 4.90. The number of esters is 1. The first-order chi connectivity index (χ1) is 19.3. The minimum Gasteiger partial charge on any atom is -0.465 e. The number of carbonyl (C=O) groups is 4. The number of carbonyl (C=O) groups excluding carboxylic acids is 4. The first-order valence-corrected chi connectivity index (χ1v) is 13.7. The smallest absolute Gasteiger partial charge is 0.418 e. The van der Waals surface area contributed by atoms with Crippen LogP contribution in [-0.4, -0.2) is 63.5 Å². The number of aromatic nitrogens is 1. The van der Waals surface area contributed by atoms with Crippen molar-refractivity contribution in [3.63, 3.8) is 0 Å². The number of hydrogen-bond donors (Lipinski definition) is 0. The summed E-state index contributed by atoms with van der Waals surface area (Å²) in [6.45, 7) is 11.3. The summed E-state index contributed by atoms with van der Waals surface area (Å²) >= 11 is 0. The zero-order valence-electron chi connectivity index (χ0n) is 24.5. The second-order valence-corrected chi connectivity index (χ2v) is 11.3. The van der Waals surface area contributed by atoms with E-state index < -0.39 is 23.6 Å². The first-order valence-electron chi connectivity index (χ1n) is 13.7. The Labute approximate surface area is 240 Å². The number of aryl methyl sites for hydroxylation is 2. The molecule has 41 heavy (non-hydrogen) atoms. The minimum absolute atomic E-state index is 0.0729. The van der Waals surface area contributed by atoms with Gasteiger partial charge in [0.05, 0.1) is 18.5 Å². The van der Waals surface area contributed by atoms with Crippen molar-refractivity contribution in [2.75, 3.05) is 19.7 Å². The topological polar surface area (TPSA) is 98.2 Å². The van der Waals surface area contributed by atoms with Crippen LogP contribution in [0.2, 0.25) is 0 Å². The van der Waals surface area contributed by atoms with E-state index in [1.54, 1.807) is 46.0 Å². The SMILES string of the molecule is CCOC(=O)CN(Cc1ccc2ccn(C(=O)OC(C)(C)C)c2c1)C(=O)C1=CCN1C(=O)Cc1cc(C)cc(C)c1. The second-order valence-electron chi connectivity index (χ2n) is 11.3. The van der Waals surface area contributed by atoms with Gasteiger partial charge in [-0.3, -0.25) is 19.0 Å². The Bertz CT molecular complexity index is 1510. The van der Waals surface area contributed by atoms with Gasteiger partial charge in [0.25, 0.3) is 5.91 Å². The quantitative estimate of drug-likeness (QED) is 0.364. The van der Waals surface area contributed by atoms with Gasteiger partial charge in [-0.15, -0.1) is 0 Å². The van der Waals surface area contributed by atoms with E-state index in [2.05, 4.69) is 0 Å². The lowest BCUT2D eigenvalue weighted by atomic mass is 10.0. The fourth-order valence-corrected chi connectivity index (χ4v) is 4.84. The standard InChI is InChI=1S/C32H37N3O6/c1-7-40-29(37)20-33(19-23-8-9-25-10-12-35(27(25)17-23)31(39)41-32(4,5)6)30(38)26-11-13-34(26)28(36)18-24-15-21(2)14-22(3)16-24/h8-12,14-17H,7,13,18-20H2,1-6H3. The van der Waals surface area contributed by atoms with Crippen LogP contribution in [0.15, 0.2) is 60.4 Å². The molecule has 0 saturated heterocycles. The maximum atomic E-state index is 13.7. The molecule has 0 bridgehead atoms. The molecule has 0 aliphatic carbocycles. The van der Waals surface area contributed by atoms with E-state index >= 15 is 0 Å². The summed E-state index contributed by atoms with van der Waals surface area (Å²) in [5, 5.41) is 0.827. The monoisotopic (exact) mass is 559 g/mol. The number of rotatable bonds is 8. The average molecular weight is 560 g/mol. The molecule has 9 heteroatoms. The summed E-state index contributed by atoms with van der Waals surface area (Å²) in [5.74, 6) is -1.18. The van der Waals surface area contributed by atoms with E-state index in [4.69, 9.17) is 9.47 Å². The molecule has 9 nitrogen and oxygen atoms in total. The fraction of sp³-hybridized carbons (Fsp3) is 0.375. The van der Waals surface area contributed by atoms with Crippen molar-refractivity contribution in [3.8, 4) is 0 Å². The Kier molecular flexibility index (Phi) is 8.66. The molecule has 0 spiro atoms. The normalized spacial score (nSPS) is 12.9. The Balaban J connectivity index is 1.55. The lowest BCUT2D eigenvalue weighted by Crippen LogP contribution is -2.47. The van der Waals surface area contributed by atoms with Crippen molar-refractivity contribution in [2.24, 2.45) is 0 Å². The highest BCUT2D eigenvalue weighted by Gasteiger charge is 2.33. The van der Waals surface area contributed by atoms with Crippen molar-refractivity contribution in [1.29, 1.82) is 0 Å². The summed E-state index contributed by atoms with van der Waals surface area (Å²) < 4.78 is 12.1. The molecule has 0 atom stereocenters. The van der Waals surface area contributed by atoms with Gasteiger partial charge < -0.3 is 19.3 Å². The van der Waals surface area contributed by atoms with Gasteiger partial charge in [0, 0.05) is 24.7 Å². The van der Waals surface area contributed by atoms with Gasteiger partial charge in [-0.05, 0) is 70.9 Å².